The standard InChI is InChI=1S/C42H44ClN5O8S/c1-23(2)35(49)15-25(4)40(50)46-42-44-21-26(22-45-42)16-27-17-36(54-7)39(55-8)38-31(27)19-29(56-38)20-33-32-18-28(43)11-14-34(32)48(37(33)41(51)47(5)6)57(52,53)30-12-9-24(3)10-13-30/h9-14,17-19,21-23,25H,15-16,20H2,1-8H3,(H,44,45,46,50). The Labute approximate surface area is 336 Å². The number of amides is 2. The van der Waals surface area contributed by atoms with Crippen LogP contribution in [0.2, 0.25) is 5.02 Å². The van der Waals surface area contributed by atoms with Crippen LogP contribution in [0.15, 0.2) is 76.3 Å². The number of hydrogen-bond donors (Lipinski definition) is 1. The lowest BCUT2D eigenvalue weighted by Crippen LogP contribution is -2.28. The van der Waals surface area contributed by atoms with Gasteiger partial charge in [-0.3, -0.25) is 19.7 Å². The Bertz CT molecular complexity index is 2610. The van der Waals surface area contributed by atoms with Crippen molar-refractivity contribution in [2.24, 2.45) is 11.8 Å². The van der Waals surface area contributed by atoms with Gasteiger partial charge in [0.2, 0.25) is 17.6 Å². The number of aryl methyl sites for hydroxylation is 1. The molecule has 0 fully saturated rings. The van der Waals surface area contributed by atoms with Crippen molar-refractivity contribution in [3.05, 3.63) is 106 Å². The molecular formula is C42H44ClN5O8S. The second kappa shape index (κ2) is 16.4. The number of anilines is 1. The minimum Gasteiger partial charge on any atom is -0.493 e. The predicted octanol–water partition coefficient (Wildman–Crippen LogP) is 7.47. The van der Waals surface area contributed by atoms with Crippen molar-refractivity contribution in [2.45, 2.75) is 51.9 Å². The molecular weight excluding hydrogens is 770 g/mol. The molecule has 13 nitrogen and oxygen atoms in total. The fourth-order valence-corrected chi connectivity index (χ4v) is 8.29. The Kier molecular flexibility index (Phi) is 11.8. The van der Waals surface area contributed by atoms with Gasteiger partial charge in [0.25, 0.3) is 15.9 Å². The third kappa shape index (κ3) is 8.23. The number of benzene rings is 3. The molecule has 15 heteroatoms. The van der Waals surface area contributed by atoms with Crippen molar-refractivity contribution in [3.8, 4) is 11.5 Å². The fraction of sp³-hybridized carbons (Fsp3) is 0.310. The van der Waals surface area contributed by atoms with Crippen molar-refractivity contribution < 1.29 is 36.7 Å². The first-order valence-corrected chi connectivity index (χ1v) is 20.0. The van der Waals surface area contributed by atoms with Gasteiger partial charge in [0.15, 0.2) is 11.3 Å². The number of carbonyl (C=O) groups excluding carboxylic acids is 3. The van der Waals surface area contributed by atoms with Crippen molar-refractivity contribution in [1.29, 1.82) is 0 Å². The molecule has 1 unspecified atom stereocenters. The Balaban J connectivity index is 1.42. The van der Waals surface area contributed by atoms with E-state index in [0.717, 1.165) is 15.1 Å². The summed E-state index contributed by atoms with van der Waals surface area (Å²) in [5, 5.41) is 4.20. The number of halogens is 1. The van der Waals surface area contributed by atoms with Crippen molar-refractivity contribution in [3.63, 3.8) is 0 Å². The molecule has 0 saturated carbocycles. The van der Waals surface area contributed by atoms with Crippen molar-refractivity contribution in [2.75, 3.05) is 33.6 Å². The van der Waals surface area contributed by atoms with Crippen LogP contribution in [0.5, 0.6) is 11.5 Å². The zero-order chi connectivity index (χ0) is 41.3. The average molecular weight is 814 g/mol. The lowest BCUT2D eigenvalue weighted by Gasteiger charge is -2.16. The van der Waals surface area contributed by atoms with Crippen LogP contribution in [0.1, 0.15) is 65.7 Å². The summed E-state index contributed by atoms with van der Waals surface area (Å²) >= 11 is 6.51. The summed E-state index contributed by atoms with van der Waals surface area (Å²) in [7, 11) is 1.86. The molecule has 2 amide bonds. The first-order chi connectivity index (χ1) is 27.0. The Morgan fingerprint density at radius 2 is 1.61 bits per heavy atom. The summed E-state index contributed by atoms with van der Waals surface area (Å²) in [4.78, 5) is 49.0. The van der Waals surface area contributed by atoms with Gasteiger partial charge in [0.05, 0.1) is 24.6 Å². The number of nitrogens with one attached hydrogen (secondary N) is 1. The third-order valence-electron chi connectivity index (χ3n) is 9.73. The third-order valence-corrected chi connectivity index (χ3v) is 11.7. The van der Waals surface area contributed by atoms with E-state index in [2.05, 4.69) is 15.3 Å². The maximum absolute atomic E-state index is 14.4. The van der Waals surface area contributed by atoms with Gasteiger partial charge in [0.1, 0.15) is 17.2 Å². The number of carbonyl (C=O) groups is 3. The number of ketones is 1. The number of methoxy groups -OCH3 is 2. The molecule has 3 heterocycles. The van der Waals surface area contributed by atoms with E-state index in [0.29, 0.717) is 56.2 Å². The maximum atomic E-state index is 14.4. The zero-order valence-corrected chi connectivity index (χ0v) is 34.5. The predicted molar refractivity (Wildman–Crippen MR) is 218 cm³/mol. The second-order valence-electron chi connectivity index (χ2n) is 14.5. The Morgan fingerprint density at radius 3 is 2.23 bits per heavy atom. The highest BCUT2D eigenvalue weighted by molar-refractivity contribution is 7.90. The number of furan rings is 1. The van der Waals surface area contributed by atoms with Crippen LogP contribution < -0.4 is 14.8 Å². The highest BCUT2D eigenvalue weighted by Gasteiger charge is 2.32. The molecule has 3 aromatic carbocycles. The summed E-state index contributed by atoms with van der Waals surface area (Å²) in [6.45, 7) is 7.15. The first kappa shape index (κ1) is 40.9. The van der Waals surface area contributed by atoms with Gasteiger partial charge in [-0.1, -0.05) is 50.1 Å². The fourth-order valence-electron chi connectivity index (χ4n) is 6.58. The van der Waals surface area contributed by atoms with Crippen LogP contribution in [-0.4, -0.2) is 73.2 Å². The average Bonchev–Trinajstić information content (AvgIpc) is 3.74. The topological polar surface area (TPSA) is 163 Å². The number of fused-ring (bicyclic) bond motifs is 2. The molecule has 1 atom stereocenters. The molecule has 0 saturated heterocycles. The lowest BCUT2D eigenvalue weighted by atomic mass is 9.97. The van der Waals surface area contributed by atoms with Gasteiger partial charge in [-0.15, -0.1) is 0 Å². The van der Waals surface area contributed by atoms with Gasteiger partial charge in [-0.25, -0.2) is 22.4 Å². The molecule has 6 rings (SSSR count). The highest BCUT2D eigenvalue weighted by Crippen LogP contribution is 2.42. The summed E-state index contributed by atoms with van der Waals surface area (Å²) < 4.78 is 47.8. The quantitative estimate of drug-likeness (QED) is 0.117. The second-order valence-corrected chi connectivity index (χ2v) is 16.7. The van der Waals surface area contributed by atoms with E-state index >= 15 is 0 Å². The SMILES string of the molecule is COc1cc(Cc2cnc(NC(=O)C(C)CC(=O)C(C)C)nc2)c2cc(Cc3c(C(=O)N(C)C)n(S(=O)(=O)c4ccc(C)cc4)c4ccc(Cl)cc34)oc2c1OC. The van der Waals surface area contributed by atoms with Gasteiger partial charge in [-0.05, 0) is 66.1 Å². The highest BCUT2D eigenvalue weighted by atomic mass is 35.5. The van der Waals surface area contributed by atoms with Crippen LogP contribution in [0, 0.1) is 18.8 Å². The van der Waals surface area contributed by atoms with E-state index < -0.39 is 21.8 Å². The molecule has 1 N–H and O–H groups in total. The minimum absolute atomic E-state index is 0.00209. The first-order valence-electron chi connectivity index (χ1n) is 18.2. The van der Waals surface area contributed by atoms with Crippen LogP contribution >= 0.6 is 11.6 Å². The van der Waals surface area contributed by atoms with Gasteiger partial charge < -0.3 is 18.8 Å². The van der Waals surface area contributed by atoms with Gasteiger partial charge >= 0.3 is 0 Å². The molecule has 0 aliphatic heterocycles. The van der Waals surface area contributed by atoms with E-state index in [4.69, 9.17) is 25.5 Å². The van der Waals surface area contributed by atoms with Gasteiger partial charge in [0, 0.05) is 73.4 Å². The van der Waals surface area contributed by atoms with E-state index in [1.54, 1.807) is 77.6 Å². The van der Waals surface area contributed by atoms with E-state index in [9.17, 15) is 22.8 Å². The molecule has 3 aromatic heterocycles. The van der Waals surface area contributed by atoms with E-state index in [-0.39, 0.29) is 52.5 Å². The van der Waals surface area contributed by atoms with E-state index in [1.165, 1.54) is 31.3 Å². The van der Waals surface area contributed by atoms with Crippen LogP contribution in [0.3, 0.4) is 0 Å². The van der Waals surface area contributed by atoms with Crippen LogP contribution in [0.4, 0.5) is 5.95 Å². The molecule has 0 radical (unpaired) electrons. The summed E-state index contributed by atoms with van der Waals surface area (Å²) in [6, 6.07) is 14.9. The molecule has 0 spiro atoms. The molecule has 0 bridgehead atoms. The summed E-state index contributed by atoms with van der Waals surface area (Å²) in [5.41, 5.74) is 3.40. The number of hydrogen-bond acceptors (Lipinski definition) is 10. The zero-order valence-electron chi connectivity index (χ0n) is 33.0. The number of Topliss-reactive ketones (excluding diaryl/α,β-unsaturated/α-hetero) is 1. The molecule has 6 aromatic rings. The Morgan fingerprint density at radius 1 is 0.930 bits per heavy atom. The summed E-state index contributed by atoms with van der Waals surface area (Å²) in [6.07, 6.45) is 3.67. The van der Waals surface area contributed by atoms with E-state index in [1.807, 2.05) is 19.1 Å². The molecule has 0 aliphatic carbocycles. The van der Waals surface area contributed by atoms with Crippen molar-refractivity contribution >= 4 is 67.0 Å². The maximum Gasteiger partial charge on any atom is 0.271 e. The molecule has 0 aliphatic rings. The number of rotatable bonds is 14. The van der Waals surface area contributed by atoms with Gasteiger partial charge in [-0.2, -0.15) is 0 Å². The smallest absolute Gasteiger partial charge is 0.271 e. The monoisotopic (exact) mass is 813 g/mol. The van der Waals surface area contributed by atoms with Crippen molar-refractivity contribution in [1.82, 2.24) is 18.8 Å². The Hall–Kier alpha value is -5.73. The number of nitrogens with zero attached hydrogens (tertiary/aromatic N) is 4. The molecule has 298 valence electrons. The minimum atomic E-state index is -4.27. The number of aromatic nitrogens is 3. The largest absolute Gasteiger partial charge is 0.493 e. The normalized spacial score (nSPS) is 12.2. The summed E-state index contributed by atoms with van der Waals surface area (Å²) in [5.74, 6) is -0.294. The van der Waals surface area contributed by atoms with Crippen LogP contribution in [0.25, 0.3) is 21.9 Å². The lowest BCUT2D eigenvalue weighted by molar-refractivity contribution is -0.127. The molecule has 57 heavy (non-hydrogen) atoms. The number of ether oxygens (including phenoxy) is 2. The van der Waals surface area contributed by atoms with Crippen LogP contribution in [-0.2, 0) is 32.5 Å².